The first-order chi connectivity index (χ1) is 11.6. The zero-order valence-corrected chi connectivity index (χ0v) is 13.9. The van der Waals surface area contributed by atoms with Gasteiger partial charge in [-0.15, -0.1) is 0 Å². The second-order valence-electron chi connectivity index (χ2n) is 5.68. The summed E-state index contributed by atoms with van der Waals surface area (Å²) in [7, 11) is 0. The van der Waals surface area contributed by atoms with Crippen LogP contribution in [-0.4, -0.2) is 37.0 Å². The predicted molar refractivity (Wildman–Crippen MR) is 95.7 cm³/mol. The lowest BCUT2D eigenvalue weighted by Gasteiger charge is -2.35. The van der Waals surface area contributed by atoms with Crippen LogP contribution in [0.3, 0.4) is 0 Å². The molecule has 0 unspecified atom stereocenters. The lowest BCUT2D eigenvalue weighted by Crippen LogP contribution is -2.48. The Morgan fingerprint density at radius 1 is 1.04 bits per heavy atom. The molecule has 0 aromatic heterocycles. The molecular weight excluding hydrogens is 327 g/mol. The van der Waals surface area contributed by atoms with Crippen LogP contribution in [0.15, 0.2) is 54.6 Å². The summed E-state index contributed by atoms with van der Waals surface area (Å²) in [5.41, 5.74) is 1.89. The van der Waals surface area contributed by atoms with E-state index in [9.17, 15) is 9.18 Å². The van der Waals surface area contributed by atoms with Crippen molar-refractivity contribution >= 4 is 29.3 Å². The number of halogens is 2. The van der Waals surface area contributed by atoms with E-state index in [0.717, 1.165) is 24.3 Å². The molecule has 2 aromatic rings. The number of hydrogen-bond donors (Lipinski definition) is 0. The maximum absolute atomic E-state index is 13.0. The number of amides is 1. The number of carbonyl (C=O) groups excluding carboxylic acids is 1. The molecule has 124 valence electrons. The third kappa shape index (κ3) is 4.15. The van der Waals surface area contributed by atoms with Crippen molar-refractivity contribution in [3.63, 3.8) is 0 Å². The van der Waals surface area contributed by atoms with Gasteiger partial charge in [-0.25, -0.2) is 4.39 Å². The summed E-state index contributed by atoms with van der Waals surface area (Å²) < 4.78 is 13.0. The molecule has 3 rings (SSSR count). The number of benzene rings is 2. The standard InChI is InChI=1S/C19H18ClFN2O/c20-16-3-1-2-15(14-16)4-9-19(24)23-12-10-22(11-13-23)18-7-5-17(21)6-8-18/h1-9,14H,10-13H2. The largest absolute Gasteiger partial charge is 0.368 e. The molecule has 3 nitrogen and oxygen atoms in total. The highest BCUT2D eigenvalue weighted by molar-refractivity contribution is 6.30. The third-order valence-electron chi connectivity index (χ3n) is 4.05. The first-order valence-corrected chi connectivity index (χ1v) is 8.23. The number of carbonyl (C=O) groups is 1. The lowest BCUT2D eigenvalue weighted by molar-refractivity contribution is -0.126. The van der Waals surface area contributed by atoms with Crippen LogP contribution < -0.4 is 4.90 Å². The summed E-state index contributed by atoms with van der Waals surface area (Å²) in [4.78, 5) is 16.3. The van der Waals surface area contributed by atoms with E-state index >= 15 is 0 Å². The van der Waals surface area contributed by atoms with Crippen molar-refractivity contribution in [2.75, 3.05) is 31.1 Å². The van der Waals surface area contributed by atoms with E-state index in [0.29, 0.717) is 18.1 Å². The molecule has 0 aliphatic carbocycles. The number of anilines is 1. The van der Waals surface area contributed by atoms with Crippen LogP contribution in [0, 0.1) is 5.82 Å². The Kier molecular flexibility index (Phi) is 5.16. The first kappa shape index (κ1) is 16.5. The summed E-state index contributed by atoms with van der Waals surface area (Å²) in [5, 5.41) is 0.650. The van der Waals surface area contributed by atoms with Crippen LogP contribution >= 0.6 is 11.6 Å². The topological polar surface area (TPSA) is 23.6 Å². The third-order valence-corrected chi connectivity index (χ3v) is 4.29. The Morgan fingerprint density at radius 3 is 2.42 bits per heavy atom. The predicted octanol–water partition coefficient (Wildman–Crippen LogP) is 3.84. The zero-order chi connectivity index (χ0) is 16.9. The zero-order valence-electron chi connectivity index (χ0n) is 13.2. The van der Waals surface area contributed by atoms with Gasteiger partial charge in [0.05, 0.1) is 0 Å². The van der Waals surface area contributed by atoms with E-state index in [1.165, 1.54) is 12.1 Å². The molecule has 0 radical (unpaired) electrons. The molecule has 1 aliphatic heterocycles. The van der Waals surface area contributed by atoms with Crippen molar-refractivity contribution in [3.05, 3.63) is 71.0 Å². The number of piperazine rings is 1. The molecule has 0 N–H and O–H groups in total. The molecule has 0 atom stereocenters. The van der Waals surface area contributed by atoms with E-state index in [4.69, 9.17) is 11.6 Å². The number of rotatable bonds is 3. The van der Waals surface area contributed by atoms with Crippen LogP contribution in [-0.2, 0) is 4.79 Å². The van der Waals surface area contributed by atoms with Crippen molar-refractivity contribution in [1.29, 1.82) is 0 Å². The van der Waals surface area contributed by atoms with Gasteiger partial charge in [-0.3, -0.25) is 4.79 Å². The highest BCUT2D eigenvalue weighted by Gasteiger charge is 2.19. The second kappa shape index (κ2) is 7.49. The van der Waals surface area contributed by atoms with Gasteiger partial charge in [0.15, 0.2) is 0 Å². The van der Waals surface area contributed by atoms with Crippen LogP contribution in [0.4, 0.5) is 10.1 Å². The maximum atomic E-state index is 13.0. The fraction of sp³-hybridized carbons (Fsp3) is 0.211. The van der Waals surface area contributed by atoms with Gasteiger partial charge in [0.1, 0.15) is 5.82 Å². The van der Waals surface area contributed by atoms with Gasteiger partial charge in [-0.05, 0) is 48.0 Å². The van der Waals surface area contributed by atoms with Gasteiger partial charge in [-0.1, -0.05) is 23.7 Å². The fourth-order valence-electron chi connectivity index (χ4n) is 2.72. The van der Waals surface area contributed by atoms with Crippen molar-refractivity contribution in [3.8, 4) is 0 Å². The van der Waals surface area contributed by atoms with Gasteiger partial charge in [0.2, 0.25) is 5.91 Å². The average Bonchev–Trinajstić information content (AvgIpc) is 2.61. The van der Waals surface area contributed by atoms with Crippen LogP contribution in [0.1, 0.15) is 5.56 Å². The van der Waals surface area contributed by atoms with Gasteiger partial charge >= 0.3 is 0 Å². The molecule has 1 fully saturated rings. The first-order valence-electron chi connectivity index (χ1n) is 7.85. The SMILES string of the molecule is O=C(C=Cc1cccc(Cl)c1)N1CCN(c2ccc(F)cc2)CC1. The number of nitrogens with zero attached hydrogens (tertiary/aromatic N) is 2. The average molecular weight is 345 g/mol. The van der Waals surface area contributed by atoms with Gasteiger partial charge < -0.3 is 9.80 Å². The van der Waals surface area contributed by atoms with Crippen LogP contribution in [0.2, 0.25) is 5.02 Å². The van der Waals surface area contributed by atoms with Crippen LogP contribution in [0.5, 0.6) is 0 Å². The Labute approximate surface area is 145 Å². The molecule has 0 saturated carbocycles. The molecule has 1 amide bonds. The van der Waals surface area contributed by atoms with Crippen molar-refractivity contribution in [2.45, 2.75) is 0 Å². The number of hydrogen-bond acceptors (Lipinski definition) is 2. The second-order valence-corrected chi connectivity index (χ2v) is 6.11. The molecule has 2 aromatic carbocycles. The monoisotopic (exact) mass is 344 g/mol. The van der Waals surface area contributed by atoms with E-state index in [1.54, 1.807) is 30.4 Å². The molecule has 1 heterocycles. The summed E-state index contributed by atoms with van der Waals surface area (Å²) >= 11 is 5.93. The Bertz CT molecular complexity index is 737. The Morgan fingerprint density at radius 2 is 1.75 bits per heavy atom. The Balaban J connectivity index is 1.56. The molecule has 5 heteroatoms. The quantitative estimate of drug-likeness (QED) is 0.790. The highest BCUT2D eigenvalue weighted by Crippen LogP contribution is 2.17. The van der Waals surface area contributed by atoms with E-state index < -0.39 is 0 Å². The smallest absolute Gasteiger partial charge is 0.246 e. The molecule has 0 spiro atoms. The molecule has 1 saturated heterocycles. The van der Waals surface area contributed by atoms with Gasteiger partial charge in [-0.2, -0.15) is 0 Å². The van der Waals surface area contributed by atoms with E-state index in [-0.39, 0.29) is 11.7 Å². The van der Waals surface area contributed by atoms with Crippen LogP contribution in [0.25, 0.3) is 6.08 Å². The minimum Gasteiger partial charge on any atom is -0.368 e. The highest BCUT2D eigenvalue weighted by atomic mass is 35.5. The van der Waals surface area contributed by atoms with E-state index in [1.807, 2.05) is 23.1 Å². The Hall–Kier alpha value is -2.33. The van der Waals surface area contributed by atoms with E-state index in [2.05, 4.69) is 4.90 Å². The molecular formula is C19H18ClFN2O. The molecule has 0 bridgehead atoms. The van der Waals surface area contributed by atoms with Crippen molar-refractivity contribution in [2.24, 2.45) is 0 Å². The fourth-order valence-corrected chi connectivity index (χ4v) is 2.92. The summed E-state index contributed by atoms with van der Waals surface area (Å²) in [6, 6.07) is 13.8. The van der Waals surface area contributed by atoms with Gasteiger partial charge in [0.25, 0.3) is 0 Å². The van der Waals surface area contributed by atoms with Gasteiger partial charge in [0, 0.05) is 43.0 Å². The summed E-state index contributed by atoms with van der Waals surface area (Å²) in [6.07, 6.45) is 3.36. The minimum atomic E-state index is -0.237. The molecule has 1 aliphatic rings. The van der Waals surface area contributed by atoms with Crippen molar-refractivity contribution in [1.82, 2.24) is 4.90 Å². The maximum Gasteiger partial charge on any atom is 0.246 e. The normalized spacial score (nSPS) is 15.1. The lowest BCUT2D eigenvalue weighted by atomic mass is 10.2. The summed E-state index contributed by atoms with van der Waals surface area (Å²) in [5.74, 6) is -0.243. The van der Waals surface area contributed by atoms with Crippen molar-refractivity contribution < 1.29 is 9.18 Å². The summed E-state index contributed by atoms with van der Waals surface area (Å²) in [6.45, 7) is 2.77. The molecule has 24 heavy (non-hydrogen) atoms. The minimum absolute atomic E-state index is 0.00580.